The second kappa shape index (κ2) is 8.06. The van der Waals surface area contributed by atoms with E-state index in [1.54, 1.807) is 0 Å². The maximum absolute atomic E-state index is 4.47. The van der Waals surface area contributed by atoms with Gasteiger partial charge in [0.1, 0.15) is 0 Å². The Hall–Kier alpha value is -1.49. The second-order valence-corrected chi connectivity index (χ2v) is 7.87. The molecule has 24 heavy (non-hydrogen) atoms. The first-order valence-corrected chi connectivity index (χ1v) is 9.10. The number of aryl methyl sites for hydroxylation is 1. The van der Waals surface area contributed by atoms with Crippen molar-refractivity contribution in [3.8, 4) is 0 Å². The van der Waals surface area contributed by atoms with Crippen molar-refractivity contribution >= 4 is 5.96 Å². The third-order valence-electron chi connectivity index (χ3n) is 5.22. The number of piperidine rings is 1. The summed E-state index contributed by atoms with van der Waals surface area (Å²) in [6, 6.07) is 4.24. The van der Waals surface area contributed by atoms with Gasteiger partial charge < -0.3 is 14.8 Å². The lowest BCUT2D eigenvalue weighted by Gasteiger charge is -2.43. The quantitative estimate of drug-likeness (QED) is 0.664. The van der Waals surface area contributed by atoms with Crippen LogP contribution in [-0.2, 0) is 13.6 Å². The molecule has 1 atom stereocenters. The number of hydrogen-bond acceptors (Lipinski definition) is 2. The molecule has 1 aromatic heterocycles. The number of hydrogen-bond donors (Lipinski definition) is 1. The van der Waals surface area contributed by atoms with Crippen molar-refractivity contribution in [3.05, 3.63) is 24.0 Å². The Balaban J connectivity index is 1.91. The molecule has 0 aromatic carbocycles. The molecular formula is C19H35N5. The molecular weight excluding hydrogens is 298 g/mol. The van der Waals surface area contributed by atoms with E-state index in [1.165, 1.54) is 31.6 Å². The Bertz CT molecular complexity index is 546. The van der Waals surface area contributed by atoms with E-state index in [0.29, 0.717) is 0 Å². The second-order valence-electron chi connectivity index (χ2n) is 7.87. The van der Waals surface area contributed by atoms with Crippen molar-refractivity contribution in [1.82, 2.24) is 19.7 Å². The molecule has 0 spiro atoms. The molecule has 1 N–H and O–H groups in total. The summed E-state index contributed by atoms with van der Waals surface area (Å²) in [4.78, 5) is 9.27. The van der Waals surface area contributed by atoms with Crippen LogP contribution in [0.3, 0.4) is 0 Å². The first-order valence-electron chi connectivity index (χ1n) is 9.10. The molecule has 0 aliphatic carbocycles. The number of guanidine groups is 1. The summed E-state index contributed by atoms with van der Waals surface area (Å²) < 4.78 is 2.16. The molecule has 136 valence electrons. The summed E-state index contributed by atoms with van der Waals surface area (Å²) in [5.41, 5.74) is 1.42. The van der Waals surface area contributed by atoms with Gasteiger partial charge in [-0.05, 0) is 51.3 Å². The monoisotopic (exact) mass is 333 g/mol. The van der Waals surface area contributed by atoms with Crippen LogP contribution in [0.5, 0.6) is 0 Å². The average molecular weight is 334 g/mol. The first-order chi connectivity index (χ1) is 11.3. The minimum atomic E-state index is 0.135. The Labute approximate surface area is 147 Å². The zero-order valence-corrected chi connectivity index (χ0v) is 16.3. The predicted octanol–water partition coefficient (Wildman–Crippen LogP) is 2.54. The summed E-state index contributed by atoms with van der Waals surface area (Å²) in [7, 11) is 6.04. The number of nitrogens with one attached hydrogen (secondary N) is 1. The summed E-state index contributed by atoms with van der Waals surface area (Å²) in [5.74, 6) is 1.76. The van der Waals surface area contributed by atoms with E-state index in [0.717, 1.165) is 25.0 Å². The van der Waals surface area contributed by atoms with Gasteiger partial charge in [0.05, 0.1) is 6.54 Å². The van der Waals surface area contributed by atoms with E-state index in [2.05, 4.69) is 77.9 Å². The molecule has 1 aliphatic rings. The van der Waals surface area contributed by atoms with Gasteiger partial charge in [-0.15, -0.1) is 0 Å². The van der Waals surface area contributed by atoms with Gasteiger partial charge in [-0.3, -0.25) is 9.89 Å². The Morgan fingerprint density at radius 2 is 2.21 bits per heavy atom. The Morgan fingerprint density at radius 3 is 2.79 bits per heavy atom. The van der Waals surface area contributed by atoms with Gasteiger partial charge >= 0.3 is 0 Å². The summed E-state index contributed by atoms with van der Waals surface area (Å²) in [5, 5.41) is 3.58. The van der Waals surface area contributed by atoms with Crippen LogP contribution in [-0.4, -0.2) is 59.6 Å². The van der Waals surface area contributed by atoms with Crippen LogP contribution in [0.15, 0.2) is 23.3 Å². The van der Waals surface area contributed by atoms with E-state index >= 15 is 0 Å². The van der Waals surface area contributed by atoms with Gasteiger partial charge in [0.15, 0.2) is 5.96 Å². The van der Waals surface area contributed by atoms with Gasteiger partial charge in [-0.2, -0.15) is 0 Å². The van der Waals surface area contributed by atoms with Crippen molar-refractivity contribution in [2.24, 2.45) is 18.0 Å². The van der Waals surface area contributed by atoms with E-state index in [1.807, 2.05) is 7.05 Å². The highest BCUT2D eigenvalue weighted by Gasteiger charge is 2.30. The summed E-state index contributed by atoms with van der Waals surface area (Å²) >= 11 is 0. The van der Waals surface area contributed by atoms with Crippen LogP contribution in [0, 0.1) is 5.92 Å². The molecule has 1 aliphatic heterocycles. The van der Waals surface area contributed by atoms with E-state index in [4.69, 9.17) is 0 Å². The van der Waals surface area contributed by atoms with Gasteiger partial charge in [-0.1, -0.05) is 6.92 Å². The van der Waals surface area contributed by atoms with Gasteiger partial charge in [-0.25, -0.2) is 0 Å². The highest BCUT2D eigenvalue weighted by Crippen LogP contribution is 2.23. The first kappa shape index (κ1) is 18.8. The SMILES string of the molecule is CN=C(NCC(C)(C)N1CCCC(C)C1)N(C)Cc1cccn1C. The van der Waals surface area contributed by atoms with E-state index < -0.39 is 0 Å². The largest absolute Gasteiger partial charge is 0.354 e. The lowest BCUT2D eigenvalue weighted by molar-refractivity contribution is 0.0735. The molecule has 1 aromatic rings. The average Bonchev–Trinajstić information content (AvgIpc) is 2.93. The number of nitrogens with zero attached hydrogens (tertiary/aromatic N) is 4. The normalized spacial score (nSPS) is 20.2. The summed E-state index contributed by atoms with van der Waals surface area (Å²) in [6.07, 6.45) is 4.76. The number of likely N-dealkylation sites (tertiary alicyclic amines) is 1. The van der Waals surface area contributed by atoms with E-state index in [9.17, 15) is 0 Å². The van der Waals surface area contributed by atoms with Crippen LogP contribution in [0.4, 0.5) is 0 Å². The Kier molecular flexibility index (Phi) is 6.33. The van der Waals surface area contributed by atoms with Crippen LogP contribution in [0.25, 0.3) is 0 Å². The molecule has 1 fully saturated rings. The van der Waals surface area contributed by atoms with Crippen molar-refractivity contribution in [2.45, 2.75) is 45.7 Å². The molecule has 5 heteroatoms. The third kappa shape index (κ3) is 4.76. The van der Waals surface area contributed by atoms with Crippen molar-refractivity contribution in [2.75, 3.05) is 33.7 Å². The van der Waals surface area contributed by atoms with Crippen LogP contribution in [0.1, 0.15) is 39.3 Å². The highest BCUT2D eigenvalue weighted by molar-refractivity contribution is 5.79. The molecule has 0 bridgehead atoms. The molecule has 2 heterocycles. The summed E-state index contributed by atoms with van der Waals surface area (Å²) in [6.45, 7) is 11.2. The topological polar surface area (TPSA) is 35.8 Å². The molecule has 1 unspecified atom stereocenters. The minimum Gasteiger partial charge on any atom is -0.354 e. The fourth-order valence-corrected chi connectivity index (χ4v) is 3.51. The van der Waals surface area contributed by atoms with Crippen LogP contribution >= 0.6 is 0 Å². The number of aromatic nitrogens is 1. The van der Waals surface area contributed by atoms with Gasteiger partial charge in [0.25, 0.3) is 0 Å². The smallest absolute Gasteiger partial charge is 0.193 e. The fraction of sp³-hybridized carbons (Fsp3) is 0.737. The molecule has 2 rings (SSSR count). The van der Waals surface area contributed by atoms with Crippen LogP contribution < -0.4 is 5.32 Å². The van der Waals surface area contributed by atoms with Gasteiger partial charge in [0.2, 0.25) is 0 Å². The standard InChI is InChI=1S/C19H35N5/c1-16-9-7-12-24(13-16)19(2,3)15-21-18(20-4)23(6)14-17-10-8-11-22(17)5/h8,10-11,16H,7,9,12-15H2,1-6H3,(H,20,21). The minimum absolute atomic E-state index is 0.135. The lowest BCUT2D eigenvalue weighted by Crippen LogP contribution is -2.56. The van der Waals surface area contributed by atoms with Gasteiger partial charge in [0, 0.05) is 51.7 Å². The van der Waals surface area contributed by atoms with Crippen LogP contribution in [0.2, 0.25) is 0 Å². The maximum Gasteiger partial charge on any atom is 0.193 e. The zero-order chi connectivity index (χ0) is 17.7. The predicted molar refractivity (Wildman–Crippen MR) is 102 cm³/mol. The highest BCUT2D eigenvalue weighted by atomic mass is 15.3. The zero-order valence-electron chi connectivity index (χ0n) is 16.3. The number of aliphatic imine (C=N–C) groups is 1. The molecule has 0 saturated carbocycles. The fourth-order valence-electron chi connectivity index (χ4n) is 3.51. The lowest BCUT2D eigenvalue weighted by atomic mass is 9.93. The van der Waals surface area contributed by atoms with Crippen molar-refractivity contribution < 1.29 is 0 Å². The Morgan fingerprint density at radius 1 is 1.46 bits per heavy atom. The number of rotatable bonds is 5. The molecule has 0 radical (unpaired) electrons. The third-order valence-corrected chi connectivity index (χ3v) is 5.22. The molecule has 5 nitrogen and oxygen atoms in total. The maximum atomic E-state index is 4.47. The van der Waals surface area contributed by atoms with Crippen molar-refractivity contribution in [1.29, 1.82) is 0 Å². The molecule has 0 amide bonds. The van der Waals surface area contributed by atoms with E-state index in [-0.39, 0.29) is 5.54 Å². The van der Waals surface area contributed by atoms with Crippen molar-refractivity contribution in [3.63, 3.8) is 0 Å². The molecule has 1 saturated heterocycles.